The third kappa shape index (κ3) is 3.51. The van der Waals surface area contributed by atoms with Crippen molar-refractivity contribution in [3.63, 3.8) is 0 Å². The first-order valence-electron chi connectivity index (χ1n) is 6.83. The quantitative estimate of drug-likeness (QED) is 0.740. The van der Waals surface area contributed by atoms with E-state index >= 15 is 0 Å². The van der Waals surface area contributed by atoms with Gasteiger partial charge >= 0.3 is 0 Å². The van der Waals surface area contributed by atoms with E-state index in [4.69, 9.17) is 0 Å². The molecule has 1 aliphatic carbocycles. The first-order chi connectivity index (χ1) is 9.64. The highest BCUT2D eigenvalue weighted by atomic mass is 32.2. The van der Waals surface area contributed by atoms with Crippen LogP contribution < -0.4 is 0 Å². The van der Waals surface area contributed by atoms with E-state index in [1.807, 2.05) is 18.2 Å². The Morgan fingerprint density at radius 3 is 2.55 bits per heavy atom. The number of hydrogen-bond donors (Lipinski definition) is 1. The van der Waals surface area contributed by atoms with Crippen LogP contribution in [0.1, 0.15) is 24.3 Å². The summed E-state index contributed by atoms with van der Waals surface area (Å²) < 4.78 is 1.17. The Bertz CT molecular complexity index is 477. The Labute approximate surface area is 130 Å². The molecule has 3 unspecified atom stereocenters. The van der Waals surface area contributed by atoms with E-state index in [-0.39, 0.29) is 0 Å². The summed E-state index contributed by atoms with van der Waals surface area (Å²) in [4.78, 5) is 0. The fourth-order valence-electron chi connectivity index (χ4n) is 2.77. The number of benzene rings is 1. The Balaban J connectivity index is 2.19. The van der Waals surface area contributed by atoms with E-state index in [0.29, 0.717) is 18.3 Å². The second-order valence-corrected chi connectivity index (χ2v) is 7.17. The molecule has 20 heavy (non-hydrogen) atoms. The Morgan fingerprint density at radius 2 is 2.00 bits per heavy atom. The van der Waals surface area contributed by atoms with Crippen molar-refractivity contribution >= 4 is 23.5 Å². The predicted octanol–water partition coefficient (Wildman–Crippen LogP) is 4.66. The molecule has 1 fully saturated rings. The molecule has 0 saturated heterocycles. The summed E-state index contributed by atoms with van der Waals surface area (Å²) in [6, 6.07) is 10.5. The normalized spacial score (nSPS) is 23.8. The summed E-state index contributed by atoms with van der Waals surface area (Å²) in [5.74, 6) is 0.777. The van der Waals surface area contributed by atoms with Crippen molar-refractivity contribution in [2.45, 2.75) is 24.4 Å². The van der Waals surface area contributed by atoms with Crippen LogP contribution in [-0.2, 0) is 0 Å². The average Bonchev–Trinajstić information content (AvgIpc) is 3.27. The van der Waals surface area contributed by atoms with Gasteiger partial charge in [0.25, 0.3) is 0 Å². The highest BCUT2D eigenvalue weighted by Crippen LogP contribution is 2.55. The van der Waals surface area contributed by atoms with Crippen molar-refractivity contribution in [2.24, 2.45) is 5.92 Å². The van der Waals surface area contributed by atoms with Crippen LogP contribution in [0.15, 0.2) is 53.3 Å². The van der Waals surface area contributed by atoms with E-state index in [1.165, 1.54) is 9.80 Å². The summed E-state index contributed by atoms with van der Waals surface area (Å²) in [7, 11) is 0. The van der Waals surface area contributed by atoms with Gasteiger partial charge in [-0.3, -0.25) is 0 Å². The zero-order valence-electron chi connectivity index (χ0n) is 12.1. The molecule has 1 aromatic rings. The first kappa shape index (κ1) is 15.7. The van der Waals surface area contributed by atoms with Crippen molar-refractivity contribution in [2.75, 3.05) is 12.5 Å². The van der Waals surface area contributed by atoms with Crippen LogP contribution in [0.3, 0.4) is 0 Å². The Hall–Kier alpha value is -0.640. The van der Waals surface area contributed by atoms with E-state index in [9.17, 15) is 5.11 Å². The van der Waals surface area contributed by atoms with Crippen LogP contribution in [-0.4, -0.2) is 23.2 Å². The monoisotopic (exact) mass is 306 g/mol. The summed E-state index contributed by atoms with van der Waals surface area (Å²) in [6.45, 7) is 3.81. The van der Waals surface area contributed by atoms with E-state index in [1.54, 1.807) is 23.5 Å². The zero-order chi connectivity index (χ0) is 14.6. The third-order valence-corrected chi connectivity index (χ3v) is 5.94. The lowest BCUT2D eigenvalue weighted by atomic mass is 9.91. The Kier molecular flexibility index (Phi) is 5.42. The van der Waals surface area contributed by atoms with E-state index in [0.717, 1.165) is 6.42 Å². The van der Waals surface area contributed by atoms with Crippen LogP contribution >= 0.6 is 23.5 Å². The van der Waals surface area contributed by atoms with Crippen LogP contribution in [0.25, 0.3) is 0 Å². The molecule has 1 saturated carbocycles. The van der Waals surface area contributed by atoms with Gasteiger partial charge in [0.1, 0.15) is 0 Å². The van der Waals surface area contributed by atoms with Crippen LogP contribution in [0.2, 0.25) is 0 Å². The fourth-order valence-corrected chi connectivity index (χ4v) is 4.08. The minimum Gasteiger partial charge on any atom is -0.385 e. The first-order valence-corrected chi connectivity index (χ1v) is 9.28. The van der Waals surface area contributed by atoms with Crippen LogP contribution in [0.5, 0.6) is 0 Å². The van der Waals surface area contributed by atoms with E-state index in [2.05, 4.69) is 43.4 Å². The predicted molar refractivity (Wildman–Crippen MR) is 92.2 cm³/mol. The largest absolute Gasteiger partial charge is 0.385 e. The van der Waals surface area contributed by atoms with Gasteiger partial charge in [-0.1, -0.05) is 36.4 Å². The van der Waals surface area contributed by atoms with Gasteiger partial charge in [-0.05, 0) is 48.8 Å². The van der Waals surface area contributed by atoms with Crippen LogP contribution in [0.4, 0.5) is 0 Å². The second kappa shape index (κ2) is 6.88. The van der Waals surface area contributed by atoms with Gasteiger partial charge in [0.15, 0.2) is 0 Å². The third-order valence-electron chi connectivity index (χ3n) is 3.90. The maximum Gasteiger partial charge on any atom is 0.0914 e. The molecule has 3 atom stereocenters. The molecule has 1 aliphatic rings. The molecule has 1 aromatic carbocycles. The lowest BCUT2D eigenvalue weighted by molar-refractivity contribution is 0.0685. The lowest BCUT2D eigenvalue weighted by Gasteiger charge is -2.25. The minimum absolute atomic E-state index is 0.303. The highest BCUT2D eigenvalue weighted by Gasteiger charge is 2.50. The van der Waals surface area contributed by atoms with Gasteiger partial charge in [0, 0.05) is 4.24 Å². The molecule has 108 valence electrons. The zero-order valence-corrected chi connectivity index (χ0v) is 13.7. The highest BCUT2D eigenvalue weighted by molar-refractivity contribution is 8.21. The van der Waals surface area contributed by atoms with Crippen molar-refractivity contribution in [3.05, 3.63) is 58.9 Å². The molecule has 0 heterocycles. The molecular formula is C17H22OS2. The van der Waals surface area contributed by atoms with Crippen molar-refractivity contribution in [1.29, 1.82) is 0 Å². The van der Waals surface area contributed by atoms with Crippen molar-refractivity contribution in [3.8, 4) is 0 Å². The number of aliphatic hydroxyl groups is 1. The molecule has 0 amide bonds. The number of thioether (sulfide) groups is 2. The second-order valence-electron chi connectivity index (χ2n) is 5.22. The summed E-state index contributed by atoms with van der Waals surface area (Å²) in [5.41, 5.74) is 0.576. The van der Waals surface area contributed by atoms with Crippen molar-refractivity contribution in [1.82, 2.24) is 0 Å². The van der Waals surface area contributed by atoms with Gasteiger partial charge in [-0.2, -0.15) is 0 Å². The maximum absolute atomic E-state index is 11.0. The summed E-state index contributed by atoms with van der Waals surface area (Å²) >= 11 is 3.39. The molecular weight excluding hydrogens is 284 g/mol. The minimum atomic E-state index is -0.760. The van der Waals surface area contributed by atoms with Gasteiger partial charge in [-0.15, -0.1) is 30.1 Å². The molecule has 0 aromatic heterocycles. The van der Waals surface area contributed by atoms with Crippen molar-refractivity contribution < 1.29 is 5.11 Å². The standard InChI is InChI=1S/C17H22OS2/c1-4-10-17(18,12-16(19-2)20-3)15-11-14(15)13-8-6-5-7-9-13/h4-9,12,14-15,18H,1,10-11H2,2-3H3. The molecule has 0 spiro atoms. The SMILES string of the molecule is C=CCC(O)(C=C(SC)SC)C1CC1c1ccccc1. The molecule has 0 radical (unpaired) electrons. The van der Waals surface area contributed by atoms with Gasteiger partial charge < -0.3 is 5.11 Å². The fraction of sp³-hybridized carbons (Fsp3) is 0.412. The van der Waals surface area contributed by atoms with Gasteiger partial charge in [-0.25, -0.2) is 0 Å². The van der Waals surface area contributed by atoms with Gasteiger partial charge in [0.2, 0.25) is 0 Å². The molecule has 0 aliphatic heterocycles. The molecule has 0 bridgehead atoms. The molecule has 3 heteroatoms. The number of hydrogen-bond acceptors (Lipinski definition) is 3. The van der Waals surface area contributed by atoms with Gasteiger partial charge in [0.05, 0.1) is 5.60 Å². The van der Waals surface area contributed by atoms with Crippen LogP contribution in [0, 0.1) is 5.92 Å². The molecule has 1 nitrogen and oxygen atoms in total. The van der Waals surface area contributed by atoms with E-state index < -0.39 is 5.60 Å². The Morgan fingerprint density at radius 1 is 1.35 bits per heavy atom. The maximum atomic E-state index is 11.0. The summed E-state index contributed by atoms with van der Waals surface area (Å²) in [6.07, 6.45) is 9.65. The number of rotatable bonds is 7. The summed E-state index contributed by atoms with van der Waals surface area (Å²) in [5, 5.41) is 11.0. The molecule has 2 rings (SSSR count). The lowest BCUT2D eigenvalue weighted by Crippen LogP contribution is -2.29. The topological polar surface area (TPSA) is 20.2 Å². The average molecular weight is 306 g/mol. The smallest absolute Gasteiger partial charge is 0.0914 e. The molecule has 1 N–H and O–H groups in total.